The Kier molecular flexibility index (Phi) is 2.82. The summed E-state index contributed by atoms with van der Waals surface area (Å²) in [6.07, 6.45) is 6.31. The van der Waals surface area contributed by atoms with Gasteiger partial charge in [0.1, 0.15) is 11.3 Å². The number of furan rings is 1. The molecule has 2 aliphatic carbocycles. The molecule has 0 N–H and O–H groups in total. The zero-order valence-electron chi connectivity index (χ0n) is 13.3. The zero-order valence-corrected chi connectivity index (χ0v) is 13.3. The summed E-state index contributed by atoms with van der Waals surface area (Å²) in [5.41, 5.74) is 6.17. The smallest absolute Gasteiger partial charge is 0.134 e. The van der Waals surface area contributed by atoms with Crippen molar-refractivity contribution in [2.45, 2.75) is 58.8 Å². The third-order valence-corrected chi connectivity index (χ3v) is 5.61. The van der Waals surface area contributed by atoms with Gasteiger partial charge in [-0.2, -0.15) is 0 Å². The first-order chi connectivity index (χ1) is 10.1. The van der Waals surface area contributed by atoms with Crippen LogP contribution >= 0.6 is 0 Å². The fourth-order valence-corrected chi connectivity index (χ4v) is 4.40. The highest BCUT2D eigenvalue weighted by Gasteiger charge is 2.35. The molecule has 1 nitrogen and oxygen atoms in total. The van der Waals surface area contributed by atoms with Crippen LogP contribution in [0.25, 0.3) is 16.5 Å². The quantitative estimate of drug-likeness (QED) is 0.552. The fraction of sp³-hybridized carbons (Fsp3) is 0.500. The zero-order chi connectivity index (χ0) is 14.6. The lowest BCUT2D eigenvalue weighted by Crippen LogP contribution is -2.20. The summed E-state index contributed by atoms with van der Waals surface area (Å²) >= 11 is 0. The van der Waals surface area contributed by atoms with Gasteiger partial charge in [0.15, 0.2) is 0 Å². The first-order valence-corrected chi connectivity index (χ1v) is 8.32. The average molecular weight is 280 g/mol. The number of fused-ring (bicyclic) bond motifs is 4. The molecule has 1 aromatic heterocycles. The Labute approximate surface area is 127 Å². The minimum Gasteiger partial charge on any atom is -0.460 e. The van der Waals surface area contributed by atoms with Crippen LogP contribution in [0.5, 0.6) is 0 Å². The van der Waals surface area contributed by atoms with Crippen LogP contribution in [0, 0.1) is 5.41 Å². The molecule has 0 bridgehead atoms. The molecule has 4 rings (SSSR count). The maximum atomic E-state index is 6.27. The van der Waals surface area contributed by atoms with E-state index in [9.17, 15) is 0 Å². The van der Waals surface area contributed by atoms with E-state index in [1.165, 1.54) is 48.8 Å². The molecule has 1 atom stereocenters. The predicted molar refractivity (Wildman–Crippen MR) is 88.4 cm³/mol. The van der Waals surface area contributed by atoms with E-state index >= 15 is 0 Å². The van der Waals surface area contributed by atoms with Gasteiger partial charge < -0.3 is 4.42 Å². The second kappa shape index (κ2) is 4.50. The van der Waals surface area contributed by atoms with Crippen LogP contribution in [-0.4, -0.2) is 0 Å². The molecule has 1 aromatic carbocycles. The summed E-state index contributed by atoms with van der Waals surface area (Å²) in [5.74, 6) is 1.76. The Morgan fingerprint density at radius 2 is 1.95 bits per heavy atom. The highest BCUT2D eigenvalue weighted by atomic mass is 16.3. The van der Waals surface area contributed by atoms with Crippen LogP contribution in [0.4, 0.5) is 0 Å². The normalized spacial score (nSPS) is 24.6. The van der Waals surface area contributed by atoms with Crippen molar-refractivity contribution in [1.82, 2.24) is 0 Å². The Morgan fingerprint density at radius 3 is 2.81 bits per heavy atom. The van der Waals surface area contributed by atoms with Crippen LogP contribution in [-0.2, 0) is 0 Å². The standard InChI is InChI=1S/C20H24O/c1-13-10-11-16-14(8-6-12-20(16,2)3)18-15-7-4-5-9-17(15)21-19(13)18/h4-5,7,9,13H,6,8,10-12H2,1-3H3/t13-/m1/s1. The lowest BCUT2D eigenvalue weighted by atomic mass is 9.70. The van der Waals surface area contributed by atoms with Gasteiger partial charge in [-0.25, -0.2) is 0 Å². The number of hydrogen-bond acceptors (Lipinski definition) is 1. The van der Waals surface area contributed by atoms with Crippen molar-refractivity contribution in [3.8, 4) is 0 Å². The highest BCUT2D eigenvalue weighted by molar-refractivity contribution is 5.94. The van der Waals surface area contributed by atoms with E-state index in [-0.39, 0.29) is 0 Å². The SMILES string of the molecule is C[C@@H]1CCC2=C(CCCC2(C)C)c2c1oc1ccccc21. The van der Waals surface area contributed by atoms with Gasteiger partial charge in [-0.15, -0.1) is 0 Å². The molecule has 1 heterocycles. The molecule has 0 unspecified atom stereocenters. The summed E-state index contributed by atoms with van der Waals surface area (Å²) in [5, 5.41) is 1.33. The molecule has 0 aliphatic heterocycles. The molecule has 0 spiro atoms. The molecule has 2 aromatic rings. The van der Waals surface area contributed by atoms with E-state index in [0.717, 1.165) is 5.58 Å². The molecular formula is C20H24O. The van der Waals surface area contributed by atoms with E-state index < -0.39 is 0 Å². The van der Waals surface area contributed by atoms with Crippen LogP contribution in [0.1, 0.15) is 70.1 Å². The molecule has 0 amide bonds. The summed E-state index contributed by atoms with van der Waals surface area (Å²) < 4.78 is 6.27. The molecule has 0 saturated carbocycles. The van der Waals surface area contributed by atoms with Gasteiger partial charge in [0, 0.05) is 16.9 Å². The fourth-order valence-electron chi connectivity index (χ4n) is 4.40. The lowest BCUT2D eigenvalue weighted by Gasteiger charge is -2.35. The molecule has 0 saturated heterocycles. The summed E-state index contributed by atoms with van der Waals surface area (Å²) in [4.78, 5) is 0. The monoisotopic (exact) mass is 280 g/mol. The number of hydrogen-bond donors (Lipinski definition) is 0. The molecule has 0 fully saturated rings. The largest absolute Gasteiger partial charge is 0.460 e. The predicted octanol–water partition coefficient (Wildman–Crippen LogP) is 6.29. The van der Waals surface area contributed by atoms with Crippen LogP contribution in [0.3, 0.4) is 0 Å². The third kappa shape index (κ3) is 1.90. The number of rotatable bonds is 0. The molecule has 21 heavy (non-hydrogen) atoms. The summed E-state index contributed by atoms with van der Waals surface area (Å²) in [6, 6.07) is 8.57. The second-order valence-electron chi connectivity index (χ2n) is 7.47. The van der Waals surface area contributed by atoms with Crippen molar-refractivity contribution < 1.29 is 4.42 Å². The molecule has 0 radical (unpaired) electrons. The van der Waals surface area contributed by atoms with Crippen molar-refractivity contribution in [3.63, 3.8) is 0 Å². The van der Waals surface area contributed by atoms with Crippen molar-refractivity contribution in [2.24, 2.45) is 5.41 Å². The molecule has 2 aliphatic rings. The van der Waals surface area contributed by atoms with Gasteiger partial charge >= 0.3 is 0 Å². The first-order valence-electron chi connectivity index (χ1n) is 8.32. The van der Waals surface area contributed by atoms with Crippen molar-refractivity contribution >= 4 is 16.5 Å². The van der Waals surface area contributed by atoms with Gasteiger partial charge in [0.2, 0.25) is 0 Å². The number of allylic oxidation sites excluding steroid dienone is 2. The Bertz CT molecular complexity index is 729. The lowest BCUT2D eigenvalue weighted by molar-refractivity contribution is 0.364. The Balaban J connectivity index is 2.05. The maximum Gasteiger partial charge on any atom is 0.134 e. The van der Waals surface area contributed by atoms with E-state index in [1.54, 1.807) is 11.1 Å². The van der Waals surface area contributed by atoms with Gasteiger partial charge in [-0.3, -0.25) is 0 Å². The topological polar surface area (TPSA) is 13.1 Å². The highest BCUT2D eigenvalue weighted by Crippen LogP contribution is 2.52. The van der Waals surface area contributed by atoms with E-state index in [2.05, 4.69) is 45.0 Å². The Hall–Kier alpha value is -1.50. The van der Waals surface area contributed by atoms with Gasteiger partial charge in [0.25, 0.3) is 0 Å². The summed E-state index contributed by atoms with van der Waals surface area (Å²) in [6.45, 7) is 7.19. The number of para-hydroxylation sites is 1. The number of benzene rings is 1. The minimum absolute atomic E-state index is 0.354. The summed E-state index contributed by atoms with van der Waals surface area (Å²) in [7, 11) is 0. The van der Waals surface area contributed by atoms with Crippen molar-refractivity contribution in [3.05, 3.63) is 41.2 Å². The Morgan fingerprint density at radius 1 is 1.14 bits per heavy atom. The molecule has 1 heteroatoms. The van der Waals surface area contributed by atoms with Crippen molar-refractivity contribution in [1.29, 1.82) is 0 Å². The third-order valence-electron chi connectivity index (χ3n) is 5.61. The first kappa shape index (κ1) is 13.2. The maximum absolute atomic E-state index is 6.27. The molecule has 110 valence electrons. The van der Waals surface area contributed by atoms with Crippen molar-refractivity contribution in [2.75, 3.05) is 0 Å². The van der Waals surface area contributed by atoms with Gasteiger partial charge in [0.05, 0.1) is 0 Å². The van der Waals surface area contributed by atoms with Crippen LogP contribution in [0.15, 0.2) is 34.3 Å². The van der Waals surface area contributed by atoms with Gasteiger partial charge in [-0.1, -0.05) is 44.5 Å². The van der Waals surface area contributed by atoms with E-state index in [1.807, 2.05) is 0 Å². The van der Waals surface area contributed by atoms with Crippen LogP contribution < -0.4 is 0 Å². The van der Waals surface area contributed by atoms with Gasteiger partial charge in [-0.05, 0) is 49.2 Å². The van der Waals surface area contributed by atoms with E-state index in [0.29, 0.717) is 11.3 Å². The van der Waals surface area contributed by atoms with Crippen LogP contribution in [0.2, 0.25) is 0 Å². The minimum atomic E-state index is 0.354. The van der Waals surface area contributed by atoms with E-state index in [4.69, 9.17) is 4.42 Å². The molecular weight excluding hydrogens is 256 g/mol. The average Bonchev–Trinajstić information content (AvgIpc) is 2.77. The second-order valence-corrected chi connectivity index (χ2v) is 7.47.